The number of benzene rings is 1. The number of nitrogens with zero attached hydrogens (tertiary/aromatic N) is 3. The number of carbonyl (C=O) groups excluding carboxylic acids is 1. The highest BCUT2D eigenvalue weighted by Gasteiger charge is 2.30. The van der Waals surface area contributed by atoms with Crippen LogP contribution in [0.5, 0.6) is 0 Å². The summed E-state index contributed by atoms with van der Waals surface area (Å²) >= 11 is 0. The Morgan fingerprint density at radius 3 is 2.41 bits per heavy atom. The van der Waals surface area contributed by atoms with Gasteiger partial charge in [0.25, 0.3) is 0 Å². The molecule has 1 atom stereocenters. The van der Waals surface area contributed by atoms with Crippen molar-refractivity contribution in [3.05, 3.63) is 29.3 Å². The highest BCUT2D eigenvalue weighted by molar-refractivity contribution is 7.89. The van der Waals surface area contributed by atoms with Crippen LogP contribution in [-0.2, 0) is 14.8 Å². The predicted molar refractivity (Wildman–Crippen MR) is 106 cm³/mol. The summed E-state index contributed by atoms with van der Waals surface area (Å²) in [6.07, 6.45) is 2.27. The summed E-state index contributed by atoms with van der Waals surface area (Å²) in [4.78, 5) is 16.9. The molecule has 2 aliphatic heterocycles. The number of sulfonamides is 1. The minimum Gasteiger partial charge on any atom is -0.341 e. The number of hydrogen-bond acceptors (Lipinski definition) is 4. The molecule has 0 bridgehead atoms. The van der Waals surface area contributed by atoms with Crippen LogP contribution < -0.4 is 0 Å². The van der Waals surface area contributed by atoms with Gasteiger partial charge in [0, 0.05) is 39.3 Å². The monoisotopic (exact) mass is 393 g/mol. The molecule has 0 aliphatic carbocycles. The second-order valence-electron chi connectivity index (χ2n) is 8.01. The lowest BCUT2D eigenvalue weighted by Crippen LogP contribution is -2.52. The lowest BCUT2D eigenvalue weighted by molar-refractivity contribution is -0.134. The van der Waals surface area contributed by atoms with Crippen molar-refractivity contribution in [2.45, 2.75) is 38.5 Å². The Kier molecular flexibility index (Phi) is 6.23. The molecule has 150 valence electrons. The molecule has 7 heteroatoms. The van der Waals surface area contributed by atoms with Gasteiger partial charge in [0.05, 0.1) is 11.4 Å². The Hall–Kier alpha value is -1.44. The molecule has 2 saturated heterocycles. The van der Waals surface area contributed by atoms with Gasteiger partial charge in [0.2, 0.25) is 15.9 Å². The van der Waals surface area contributed by atoms with Crippen LogP contribution in [0.4, 0.5) is 0 Å². The van der Waals surface area contributed by atoms with Gasteiger partial charge >= 0.3 is 0 Å². The van der Waals surface area contributed by atoms with Crippen molar-refractivity contribution >= 4 is 15.9 Å². The quantitative estimate of drug-likeness (QED) is 0.784. The summed E-state index contributed by atoms with van der Waals surface area (Å²) < 4.78 is 27.3. The highest BCUT2D eigenvalue weighted by atomic mass is 32.2. The van der Waals surface area contributed by atoms with E-state index in [0.717, 1.165) is 30.6 Å². The first-order chi connectivity index (χ1) is 12.8. The van der Waals surface area contributed by atoms with Crippen molar-refractivity contribution in [1.82, 2.24) is 14.1 Å². The topological polar surface area (TPSA) is 60.9 Å². The van der Waals surface area contributed by atoms with Crippen molar-refractivity contribution in [3.8, 4) is 0 Å². The van der Waals surface area contributed by atoms with Gasteiger partial charge in [0.15, 0.2) is 0 Å². The molecule has 0 radical (unpaired) electrons. The summed E-state index contributed by atoms with van der Waals surface area (Å²) in [5, 5.41) is 0. The summed E-state index contributed by atoms with van der Waals surface area (Å²) in [5.41, 5.74) is 2.07. The maximum atomic E-state index is 12.9. The zero-order chi connectivity index (χ0) is 19.6. The molecule has 2 aliphatic rings. The Labute approximate surface area is 163 Å². The fourth-order valence-electron chi connectivity index (χ4n) is 3.86. The molecule has 0 N–H and O–H groups in total. The van der Waals surface area contributed by atoms with Crippen LogP contribution in [0.2, 0.25) is 0 Å². The maximum absolute atomic E-state index is 12.9. The zero-order valence-electron chi connectivity index (χ0n) is 16.6. The van der Waals surface area contributed by atoms with E-state index in [1.54, 1.807) is 16.4 Å². The standard InChI is InChI=1S/C20H31N3O3S/c1-16-5-4-8-22(14-16)20(24)15-21-9-11-23(12-10-21)27(25,26)19-7-6-17(2)18(3)13-19/h6-7,13,16H,4-5,8-12,14-15H2,1-3H3/t16-/m1/s1. The van der Waals surface area contributed by atoms with Gasteiger partial charge in [-0.05, 0) is 55.9 Å². The van der Waals surface area contributed by atoms with Gasteiger partial charge in [0.1, 0.15) is 0 Å². The van der Waals surface area contributed by atoms with Crippen molar-refractivity contribution in [2.75, 3.05) is 45.8 Å². The number of amides is 1. The van der Waals surface area contributed by atoms with Crippen molar-refractivity contribution < 1.29 is 13.2 Å². The number of aryl methyl sites for hydroxylation is 2. The minimum atomic E-state index is -3.47. The highest BCUT2D eigenvalue weighted by Crippen LogP contribution is 2.21. The summed E-state index contributed by atoms with van der Waals surface area (Å²) in [6.45, 7) is 10.2. The maximum Gasteiger partial charge on any atom is 0.243 e. The Balaban J connectivity index is 1.56. The van der Waals surface area contributed by atoms with Crippen molar-refractivity contribution in [3.63, 3.8) is 0 Å². The average Bonchev–Trinajstić information content (AvgIpc) is 2.64. The Morgan fingerprint density at radius 2 is 1.78 bits per heavy atom. The van der Waals surface area contributed by atoms with E-state index in [9.17, 15) is 13.2 Å². The van der Waals surface area contributed by atoms with Crippen LogP contribution in [0.25, 0.3) is 0 Å². The van der Waals surface area contributed by atoms with Crippen LogP contribution in [0.3, 0.4) is 0 Å². The predicted octanol–water partition coefficient (Wildman–Crippen LogP) is 1.87. The second kappa shape index (κ2) is 8.29. The Morgan fingerprint density at radius 1 is 1.07 bits per heavy atom. The number of likely N-dealkylation sites (tertiary alicyclic amines) is 1. The van der Waals surface area contributed by atoms with Gasteiger partial charge in [-0.3, -0.25) is 9.69 Å². The van der Waals surface area contributed by atoms with E-state index in [0.29, 0.717) is 43.5 Å². The SMILES string of the molecule is Cc1ccc(S(=O)(=O)N2CCN(CC(=O)N3CCC[C@@H](C)C3)CC2)cc1C. The lowest BCUT2D eigenvalue weighted by atomic mass is 10.0. The lowest BCUT2D eigenvalue weighted by Gasteiger charge is -2.36. The fourth-order valence-corrected chi connectivity index (χ4v) is 5.37. The van der Waals surface area contributed by atoms with Crippen LogP contribution in [0.15, 0.2) is 23.1 Å². The smallest absolute Gasteiger partial charge is 0.243 e. The van der Waals surface area contributed by atoms with Crippen LogP contribution in [0, 0.1) is 19.8 Å². The van der Waals surface area contributed by atoms with E-state index in [1.165, 1.54) is 6.42 Å². The average molecular weight is 394 g/mol. The molecule has 2 heterocycles. The Bertz CT molecular complexity index is 786. The second-order valence-corrected chi connectivity index (χ2v) is 9.95. The largest absolute Gasteiger partial charge is 0.341 e. The summed E-state index contributed by atoms with van der Waals surface area (Å²) in [6, 6.07) is 5.29. The molecule has 27 heavy (non-hydrogen) atoms. The van der Waals surface area contributed by atoms with Crippen molar-refractivity contribution in [1.29, 1.82) is 0 Å². The van der Waals surface area contributed by atoms with Gasteiger partial charge < -0.3 is 4.90 Å². The summed E-state index contributed by atoms with van der Waals surface area (Å²) in [7, 11) is -3.47. The van der Waals surface area contributed by atoms with E-state index in [1.807, 2.05) is 24.8 Å². The molecule has 0 saturated carbocycles. The van der Waals surface area contributed by atoms with Gasteiger partial charge in [-0.15, -0.1) is 0 Å². The fraction of sp³-hybridized carbons (Fsp3) is 0.650. The van der Waals surface area contributed by atoms with Crippen LogP contribution >= 0.6 is 0 Å². The molecule has 1 aromatic rings. The number of carbonyl (C=O) groups is 1. The molecule has 0 unspecified atom stereocenters. The third-order valence-electron chi connectivity index (χ3n) is 5.82. The van der Waals surface area contributed by atoms with E-state index in [-0.39, 0.29) is 5.91 Å². The molecular weight excluding hydrogens is 362 g/mol. The van der Waals surface area contributed by atoms with Gasteiger partial charge in [-0.25, -0.2) is 8.42 Å². The molecule has 3 rings (SSSR count). The van der Waals surface area contributed by atoms with E-state index >= 15 is 0 Å². The first-order valence-corrected chi connectivity index (χ1v) is 11.3. The van der Waals surface area contributed by atoms with Gasteiger partial charge in [-0.2, -0.15) is 4.31 Å². The van der Waals surface area contributed by atoms with E-state index in [4.69, 9.17) is 0 Å². The normalized spacial score (nSPS) is 22.8. The number of hydrogen-bond donors (Lipinski definition) is 0. The molecule has 0 spiro atoms. The molecule has 0 aromatic heterocycles. The van der Waals surface area contributed by atoms with Crippen LogP contribution in [-0.4, -0.2) is 74.2 Å². The number of rotatable bonds is 4. The molecule has 6 nitrogen and oxygen atoms in total. The third-order valence-corrected chi connectivity index (χ3v) is 7.71. The molecule has 1 aromatic carbocycles. The minimum absolute atomic E-state index is 0.173. The van der Waals surface area contributed by atoms with E-state index < -0.39 is 10.0 Å². The number of piperidine rings is 1. The van der Waals surface area contributed by atoms with Gasteiger partial charge in [-0.1, -0.05) is 13.0 Å². The molecule has 1 amide bonds. The third kappa shape index (κ3) is 4.70. The van der Waals surface area contributed by atoms with Crippen LogP contribution in [0.1, 0.15) is 30.9 Å². The zero-order valence-corrected chi connectivity index (χ0v) is 17.5. The number of piperazine rings is 1. The van der Waals surface area contributed by atoms with Crippen molar-refractivity contribution in [2.24, 2.45) is 5.92 Å². The molecule has 2 fully saturated rings. The van der Waals surface area contributed by atoms with E-state index in [2.05, 4.69) is 11.8 Å². The summed E-state index contributed by atoms with van der Waals surface area (Å²) in [5.74, 6) is 0.745. The first-order valence-electron chi connectivity index (χ1n) is 9.85. The first kappa shape index (κ1) is 20.3. The molecular formula is C20H31N3O3S.